The van der Waals surface area contributed by atoms with Crippen LogP contribution in [0.15, 0.2) is 34.9 Å². The molecule has 2 aromatic rings. The molecule has 0 aliphatic rings. The second kappa shape index (κ2) is 10.5. The summed E-state index contributed by atoms with van der Waals surface area (Å²) in [5.74, 6) is 0.822. The van der Waals surface area contributed by atoms with Crippen molar-refractivity contribution in [3.63, 3.8) is 0 Å². The van der Waals surface area contributed by atoms with Crippen LogP contribution in [0.2, 0.25) is 0 Å². The molecule has 2 N–H and O–H groups in total. The summed E-state index contributed by atoms with van der Waals surface area (Å²) < 4.78 is 9.95. The van der Waals surface area contributed by atoms with Crippen molar-refractivity contribution in [1.82, 2.24) is 10.1 Å². The van der Waals surface area contributed by atoms with E-state index in [-0.39, 0.29) is 30.0 Å². The summed E-state index contributed by atoms with van der Waals surface area (Å²) in [7, 11) is 3.10. The van der Waals surface area contributed by atoms with Gasteiger partial charge in [0.25, 0.3) is 0 Å². The topological polar surface area (TPSA) is 114 Å². The maximum absolute atomic E-state index is 12.3. The predicted molar refractivity (Wildman–Crippen MR) is 111 cm³/mol. The number of hydrogen-bond acceptors (Lipinski definition) is 7. The molecule has 9 nitrogen and oxygen atoms in total. The van der Waals surface area contributed by atoms with Crippen molar-refractivity contribution in [2.45, 2.75) is 19.1 Å². The first-order chi connectivity index (χ1) is 13.8. The van der Waals surface area contributed by atoms with E-state index in [2.05, 4.69) is 15.8 Å². The Hall–Kier alpha value is -3.01. The van der Waals surface area contributed by atoms with Crippen LogP contribution >= 0.6 is 11.8 Å². The number of anilines is 2. The molecule has 29 heavy (non-hydrogen) atoms. The number of methoxy groups -OCH3 is 1. The molecular weight excluding hydrogens is 396 g/mol. The Morgan fingerprint density at radius 1 is 1.24 bits per heavy atom. The van der Waals surface area contributed by atoms with Gasteiger partial charge >= 0.3 is 0 Å². The maximum Gasteiger partial charge on any atom is 0.243 e. The van der Waals surface area contributed by atoms with Gasteiger partial charge in [-0.15, -0.1) is 11.8 Å². The molecule has 0 fully saturated rings. The summed E-state index contributed by atoms with van der Waals surface area (Å²) in [5, 5.41) is 8.56. The van der Waals surface area contributed by atoms with Crippen LogP contribution in [0.1, 0.15) is 12.7 Å². The molecule has 0 bridgehead atoms. The van der Waals surface area contributed by atoms with Crippen molar-refractivity contribution in [2.24, 2.45) is 0 Å². The van der Waals surface area contributed by atoms with Crippen LogP contribution in [0, 0.1) is 6.92 Å². The first kappa shape index (κ1) is 22.3. The molecule has 1 aromatic heterocycles. The molecule has 3 amide bonds. The van der Waals surface area contributed by atoms with Crippen molar-refractivity contribution in [3.05, 3.63) is 36.1 Å². The van der Waals surface area contributed by atoms with Gasteiger partial charge in [-0.1, -0.05) is 5.16 Å². The molecule has 156 valence electrons. The monoisotopic (exact) mass is 420 g/mol. The summed E-state index contributed by atoms with van der Waals surface area (Å²) in [4.78, 5) is 37.8. The van der Waals surface area contributed by atoms with Crippen molar-refractivity contribution in [3.8, 4) is 5.75 Å². The lowest BCUT2D eigenvalue weighted by atomic mass is 10.3. The molecule has 1 aromatic carbocycles. The highest BCUT2D eigenvalue weighted by molar-refractivity contribution is 8.01. The van der Waals surface area contributed by atoms with Gasteiger partial charge < -0.3 is 24.8 Å². The number of aromatic nitrogens is 1. The fraction of sp³-hybridized carbons (Fsp3) is 0.368. The molecule has 0 radical (unpaired) electrons. The second-order valence-electron chi connectivity index (χ2n) is 6.29. The van der Waals surface area contributed by atoms with Crippen LogP contribution in [0.25, 0.3) is 0 Å². The number of carbonyl (C=O) groups is 3. The number of thioether (sulfide) groups is 1. The van der Waals surface area contributed by atoms with Crippen LogP contribution in [0.3, 0.4) is 0 Å². The van der Waals surface area contributed by atoms with Crippen LogP contribution < -0.4 is 15.4 Å². The number of hydrogen-bond donors (Lipinski definition) is 2. The number of rotatable bonds is 9. The highest BCUT2D eigenvalue weighted by Crippen LogP contribution is 2.16. The van der Waals surface area contributed by atoms with Gasteiger partial charge in [0.15, 0.2) is 5.82 Å². The molecule has 0 saturated carbocycles. The molecule has 10 heteroatoms. The van der Waals surface area contributed by atoms with E-state index in [1.807, 2.05) is 0 Å². The number of ether oxygens (including phenoxy) is 1. The number of nitrogens with one attached hydrogen (secondary N) is 2. The van der Waals surface area contributed by atoms with Crippen LogP contribution in [0.4, 0.5) is 11.5 Å². The maximum atomic E-state index is 12.3. The van der Waals surface area contributed by atoms with Crippen molar-refractivity contribution in [2.75, 3.05) is 37.1 Å². The summed E-state index contributed by atoms with van der Waals surface area (Å²) in [6, 6.07) is 8.49. The summed E-state index contributed by atoms with van der Waals surface area (Å²) in [6.45, 7) is 3.32. The Labute approximate surface area is 173 Å². The normalized spacial score (nSPS) is 11.4. The quantitative estimate of drug-likeness (QED) is 0.639. The lowest BCUT2D eigenvalue weighted by Crippen LogP contribution is -2.36. The van der Waals surface area contributed by atoms with Crippen LogP contribution in [0.5, 0.6) is 5.75 Å². The Kier molecular flexibility index (Phi) is 8.08. The summed E-state index contributed by atoms with van der Waals surface area (Å²) in [5.41, 5.74) is 0.611. The Balaban J connectivity index is 1.74. The van der Waals surface area contributed by atoms with Gasteiger partial charge in [-0.05, 0) is 38.1 Å². The average molecular weight is 420 g/mol. The van der Waals surface area contributed by atoms with Gasteiger partial charge in [-0.3, -0.25) is 14.4 Å². The van der Waals surface area contributed by atoms with Crippen molar-refractivity contribution in [1.29, 1.82) is 0 Å². The van der Waals surface area contributed by atoms with Gasteiger partial charge in [-0.2, -0.15) is 0 Å². The van der Waals surface area contributed by atoms with Gasteiger partial charge in [-0.25, -0.2) is 0 Å². The first-order valence-corrected chi connectivity index (χ1v) is 9.87. The third kappa shape index (κ3) is 7.15. The van der Waals surface area contributed by atoms with E-state index in [0.29, 0.717) is 23.0 Å². The van der Waals surface area contributed by atoms with E-state index >= 15 is 0 Å². The van der Waals surface area contributed by atoms with Gasteiger partial charge in [0.05, 0.1) is 24.7 Å². The molecule has 0 aliphatic heterocycles. The Bertz CT molecular complexity index is 853. The number of aryl methyl sites for hydroxylation is 1. The molecular formula is C19H24N4O5S. The predicted octanol–water partition coefficient (Wildman–Crippen LogP) is 2.15. The van der Waals surface area contributed by atoms with E-state index in [1.165, 1.54) is 16.7 Å². The fourth-order valence-corrected chi connectivity index (χ4v) is 3.04. The molecule has 0 unspecified atom stereocenters. The van der Waals surface area contributed by atoms with Crippen LogP contribution in [-0.4, -0.2) is 59.5 Å². The lowest BCUT2D eigenvalue weighted by molar-refractivity contribution is -0.131. The second-order valence-corrected chi connectivity index (χ2v) is 7.62. The fourth-order valence-electron chi connectivity index (χ4n) is 2.21. The number of benzene rings is 1. The zero-order valence-corrected chi connectivity index (χ0v) is 17.5. The summed E-state index contributed by atoms with van der Waals surface area (Å²) >= 11 is 1.17. The zero-order valence-electron chi connectivity index (χ0n) is 16.7. The summed E-state index contributed by atoms with van der Waals surface area (Å²) in [6.07, 6.45) is 0. The highest BCUT2D eigenvalue weighted by atomic mass is 32.2. The van der Waals surface area contributed by atoms with Gasteiger partial charge in [0, 0.05) is 18.8 Å². The molecule has 0 saturated heterocycles. The average Bonchev–Trinajstić information content (AvgIpc) is 3.10. The van der Waals surface area contributed by atoms with E-state index in [4.69, 9.17) is 9.26 Å². The molecule has 0 aliphatic carbocycles. The Morgan fingerprint density at radius 3 is 2.52 bits per heavy atom. The van der Waals surface area contributed by atoms with E-state index in [9.17, 15) is 14.4 Å². The number of amides is 3. The third-order valence-electron chi connectivity index (χ3n) is 3.89. The standard InChI is InChI=1S/C19H24N4O5S/c1-12-9-16(22-28-12)21-19(26)13(2)29-11-18(25)23(3)10-17(24)20-14-5-7-15(27-4)8-6-14/h5-9,13H,10-11H2,1-4H3,(H,20,24)(H,21,22,26)/t13-/m0/s1. The minimum Gasteiger partial charge on any atom is -0.497 e. The van der Waals surface area contributed by atoms with Crippen molar-refractivity contribution >= 4 is 41.0 Å². The van der Waals surface area contributed by atoms with E-state index in [0.717, 1.165) is 0 Å². The highest BCUT2D eigenvalue weighted by Gasteiger charge is 2.19. The number of carbonyl (C=O) groups excluding carboxylic acids is 3. The number of likely N-dealkylation sites (N-methyl/N-ethyl adjacent to an activating group) is 1. The Morgan fingerprint density at radius 2 is 1.93 bits per heavy atom. The van der Waals surface area contributed by atoms with Gasteiger partial charge in [0.1, 0.15) is 11.5 Å². The number of nitrogens with zero attached hydrogens (tertiary/aromatic N) is 2. The van der Waals surface area contributed by atoms with Gasteiger partial charge in [0.2, 0.25) is 17.7 Å². The van der Waals surface area contributed by atoms with Crippen molar-refractivity contribution < 1.29 is 23.6 Å². The smallest absolute Gasteiger partial charge is 0.243 e. The van der Waals surface area contributed by atoms with E-state index in [1.54, 1.807) is 58.3 Å². The molecule has 0 spiro atoms. The first-order valence-electron chi connectivity index (χ1n) is 8.82. The SMILES string of the molecule is COc1ccc(NC(=O)CN(C)C(=O)CS[C@@H](C)C(=O)Nc2cc(C)on2)cc1. The molecule has 2 rings (SSSR count). The largest absolute Gasteiger partial charge is 0.497 e. The minimum absolute atomic E-state index is 0.0682. The van der Waals surface area contributed by atoms with Crippen LogP contribution in [-0.2, 0) is 14.4 Å². The molecule has 1 atom stereocenters. The lowest BCUT2D eigenvalue weighted by Gasteiger charge is -2.18. The third-order valence-corrected chi connectivity index (χ3v) is 5.01. The van der Waals surface area contributed by atoms with E-state index < -0.39 is 5.25 Å². The minimum atomic E-state index is -0.475. The molecule has 1 heterocycles. The zero-order chi connectivity index (χ0) is 21.4.